The van der Waals surface area contributed by atoms with E-state index in [-0.39, 0.29) is 30.6 Å². The van der Waals surface area contributed by atoms with Gasteiger partial charge in [-0.3, -0.25) is 9.59 Å². The third-order valence-corrected chi connectivity index (χ3v) is 4.89. The molecular weight excluding hydrogens is 377 g/mol. The van der Waals surface area contributed by atoms with Crippen LogP contribution in [0.15, 0.2) is 60.8 Å². The zero-order chi connectivity index (χ0) is 19.8. The van der Waals surface area contributed by atoms with E-state index in [0.29, 0.717) is 18.0 Å². The lowest BCUT2D eigenvalue weighted by atomic mass is 10.1. The van der Waals surface area contributed by atoms with Gasteiger partial charge in [-0.25, -0.2) is 9.37 Å². The van der Waals surface area contributed by atoms with Crippen LogP contribution in [0.3, 0.4) is 0 Å². The van der Waals surface area contributed by atoms with Gasteiger partial charge in [0.05, 0.1) is 6.42 Å². The van der Waals surface area contributed by atoms with E-state index < -0.39 is 0 Å². The molecule has 2 amide bonds. The predicted molar refractivity (Wildman–Crippen MR) is 108 cm³/mol. The Bertz CT molecular complexity index is 926. The number of carbonyl (C=O) groups is 2. The minimum absolute atomic E-state index is 0.116. The molecule has 0 fully saturated rings. The summed E-state index contributed by atoms with van der Waals surface area (Å²) in [6.45, 7) is 0.269. The minimum Gasteiger partial charge on any atom is -0.355 e. The zero-order valence-electron chi connectivity index (χ0n) is 15.2. The first-order valence-electron chi connectivity index (χ1n) is 8.88. The van der Waals surface area contributed by atoms with Crippen molar-refractivity contribution < 1.29 is 14.0 Å². The van der Waals surface area contributed by atoms with E-state index in [4.69, 9.17) is 0 Å². The topological polar surface area (TPSA) is 71.1 Å². The van der Waals surface area contributed by atoms with E-state index in [1.54, 1.807) is 18.3 Å². The van der Waals surface area contributed by atoms with Gasteiger partial charge in [-0.1, -0.05) is 42.5 Å². The van der Waals surface area contributed by atoms with Gasteiger partial charge < -0.3 is 10.6 Å². The molecule has 0 unspecified atom stereocenters. The van der Waals surface area contributed by atoms with E-state index in [0.717, 1.165) is 16.0 Å². The molecule has 2 N–H and O–H groups in total. The minimum atomic E-state index is -0.267. The molecule has 0 spiro atoms. The van der Waals surface area contributed by atoms with Crippen molar-refractivity contribution in [3.63, 3.8) is 0 Å². The summed E-state index contributed by atoms with van der Waals surface area (Å²) in [4.78, 5) is 29.1. The van der Waals surface area contributed by atoms with Crippen LogP contribution in [-0.4, -0.2) is 23.3 Å². The molecule has 5 nitrogen and oxygen atoms in total. The SMILES string of the molecule is O=C(Cc1ccccc1)NCCC(=O)Nc1ncc(Cc2ccc(F)cc2)s1. The van der Waals surface area contributed by atoms with E-state index in [2.05, 4.69) is 15.6 Å². The van der Waals surface area contributed by atoms with Crippen molar-refractivity contribution in [2.75, 3.05) is 11.9 Å². The van der Waals surface area contributed by atoms with Crippen molar-refractivity contribution in [2.24, 2.45) is 0 Å². The molecule has 28 heavy (non-hydrogen) atoms. The molecule has 0 atom stereocenters. The van der Waals surface area contributed by atoms with Crippen LogP contribution in [0.2, 0.25) is 0 Å². The number of aromatic nitrogens is 1. The number of hydrogen-bond acceptors (Lipinski definition) is 4. The maximum atomic E-state index is 13.0. The summed E-state index contributed by atoms with van der Waals surface area (Å²) in [6, 6.07) is 15.7. The fraction of sp³-hybridized carbons (Fsp3) is 0.190. The van der Waals surface area contributed by atoms with Gasteiger partial charge in [0.15, 0.2) is 5.13 Å². The molecule has 0 radical (unpaired) electrons. The zero-order valence-corrected chi connectivity index (χ0v) is 16.0. The van der Waals surface area contributed by atoms with Crippen molar-refractivity contribution in [3.05, 3.63) is 82.6 Å². The van der Waals surface area contributed by atoms with Crippen LogP contribution in [0.5, 0.6) is 0 Å². The second-order valence-corrected chi connectivity index (χ2v) is 7.36. The first kappa shape index (κ1) is 19.7. The van der Waals surface area contributed by atoms with Gasteiger partial charge in [0, 0.05) is 30.5 Å². The summed E-state index contributed by atoms with van der Waals surface area (Å²) in [5, 5.41) is 5.99. The number of anilines is 1. The Morgan fingerprint density at radius 1 is 0.964 bits per heavy atom. The van der Waals surface area contributed by atoms with Crippen molar-refractivity contribution in [1.29, 1.82) is 0 Å². The van der Waals surface area contributed by atoms with Crippen molar-refractivity contribution in [3.8, 4) is 0 Å². The van der Waals surface area contributed by atoms with Gasteiger partial charge in [0.2, 0.25) is 11.8 Å². The lowest BCUT2D eigenvalue weighted by Crippen LogP contribution is -2.28. The van der Waals surface area contributed by atoms with Crippen molar-refractivity contribution in [2.45, 2.75) is 19.3 Å². The summed E-state index contributed by atoms with van der Waals surface area (Å²) in [7, 11) is 0. The average molecular weight is 397 g/mol. The number of hydrogen-bond donors (Lipinski definition) is 2. The lowest BCUT2D eigenvalue weighted by molar-refractivity contribution is -0.120. The molecule has 0 saturated carbocycles. The van der Waals surface area contributed by atoms with Crippen LogP contribution in [-0.2, 0) is 22.4 Å². The molecule has 144 valence electrons. The molecular formula is C21H20FN3O2S. The average Bonchev–Trinajstić information content (AvgIpc) is 3.11. The van der Waals surface area contributed by atoms with Crippen molar-refractivity contribution >= 4 is 28.3 Å². The highest BCUT2D eigenvalue weighted by atomic mass is 32.1. The number of halogens is 1. The van der Waals surface area contributed by atoms with Crippen LogP contribution in [0.1, 0.15) is 22.4 Å². The van der Waals surface area contributed by atoms with Crippen LogP contribution >= 0.6 is 11.3 Å². The number of benzene rings is 2. The third kappa shape index (κ3) is 6.28. The first-order chi connectivity index (χ1) is 13.6. The van der Waals surface area contributed by atoms with Crippen LogP contribution < -0.4 is 10.6 Å². The molecule has 3 rings (SSSR count). The van der Waals surface area contributed by atoms with Gasteiger partial charge >= 0.3 is 0 Å². The normalized spacial score (nSPS) is 10.5. The highest BCUT2D eigenvalue weighted by Crippen LogP contribution is 2.21. The van der Waals surface area contributed by atoms with Gasteiger partial charge in [0.1, 0.15) is 5.82 Å². The monoisotopic (exact) mass is 397 g/mol. The fourth-order valence-electron chi connectivity index (χ4n) is 2.59. The number of amides is 2. The summed E-state index contributed by atoms with van der Waals surface area (Å²) in [5.41, 5.74) is 1.91. The Balaban J connectivity index is 1.39. The molecule has 3 aromatic rings. The Morgan fingerprint density at radius 3 is 2.46 bits per heavy atom. The van der Waals surface area contributed by atoms with Gasteiger partial charge in [-0.15, -0.1) is 11.3 Å². The van der Waals surface area contributed by atoms with Crippen LogP contribution in [0.25, 0.3) is 0 Å². The summed E-state index contributed by atoms with van der Waals surface area (Å²) < 4.78 is 13.0. The van der Waals surface area contributed by atoms with E-state index >= 15 is 0 Å². The molecule has 0 saturated heterocycles. The number of rotatable bonds is 8. The number of nitrogens with zero attached hydrogens (tertiary/aromatic N) is 1. The maximum Gasteiger partial charge on any atom is 0.227 e. The largest absolute Gasteiger partial charge is 0.355 e. The standard InChI is InChI=1S/C21H20FN3O2S/c22-17-8-6-16(7-9-17)12-18-14-24-21(28-18)25-19(26)10-11-23-20(27)13-15-4-2-1-3-5-15/h1-9,14H,10-13H2,(H,23,27)(H,24,25,26). The predicted octanol–water partition coefficient (Wildman–Crippen LogP) is 3.56. The quantitative estimate of drug-likeness (QED) is 0.611. The Morgan fingerprint density at radius 2 is 1.71 bits per heavy atom. The number of carbonyl (C=O) groups excluding carboxylic acids is 2. The fourth-order valence-corrected chi connectivity index (χ4v) is 3.45. The van der Waals surface area contributed by atoms with Gasteiger partial charge in [-0.05, 0) is 23.3 Å². The number of thiazole rings is 1. The lowest BCUT2D eigenvalue weighted by Gasteiger charge is -2.05. The third-order valence-electron chi connectivity index (χ3n) is 3.97. The maximum absolute atomic E-state index is 13.0. The van der Waals surface area contributed by atoms with E-state index in [9.17, 15) is 14.0 Å². The smallest absolute Gasteiger partial charge is 0.227 e. The molecule has 0 aliphatic heterocycles. The summed E-state index contributed by atoms with van der Waals surface area (Å²) in [6.07, 6.45) is 2.80. The first-order valence-corrected chi connectivity index (χ1v) is 9.70. The molecule has 2 aromatic carbocycles. The summed E-state index contributed by atoms with van der Waals surface area (Å²) >= 11 is 1.38. The second kappa shape index (κ2) is 9.75. The molecule has 1 aromatic heterocycles. The molecule has 1 heterocycles. The highest BCUT2D eigenvalue weighted by molar-refractivity contribution is 7.15. The van der Waals surface area contributed by atoms with Crippen LogP contribution in [0.4, 0.5) is 9.52 Å². The van der Waals surface area contributed by atoms with Crippen LogP contribution in [0, 0.1) is 5.82 Å². The highest BCUT2D eigenvalue weighted by Gasteiger charge is 2.09. The summed E-state index contributed by atoms with van der Waals surface area (Å²) in [5.74, 6) is -0.589. The molecule has 0 bridgehead atoms. The molecule has 0 aliphatic carbocycles. The Labute approximate surface area is 166 Å². The van der Waals surface area contributed by atoms with Gasteiger partial charge in [-0.2, -0.15) is 0 Å². The van der Waals surface area contributed by atoms with Gasteiger partial charge in [0.25, 0.3) is 0 Å². The second-order valence-electron chi connectivity index (χ2n) is 6.25. The Kier molecular flexibility index (Phi) is 6.86. The molecule has 7 heteroatoms. The number of nitrogens with one attached hydrogen (secondary N) is 2. The Hall–Kier alpha value is -3.06. The van der Waals surface area contributed by atoms with E-state index in [1.807, 2.05) is 30.3 Å². The van der Waals surface area contributed by atoms with Crippen molar-refractivity contribution in [1.82, 2.24) is 10.3 Å². The van der Waals surface area contributed by atoms with E-state index in [1.165, 1.54) is 23.5 Å². The molecule has 0 aliphatic rings.